The van der Waals surface area contributed by atoms with Gasteiger partial charge in [0.1, 0.15) is 0 Å². The summed E-state index contributed by atoms with van der Waals surface area (Å²) in [6, 6.07) is 17.2. The molecule has 0 saturated carbocycles. The first kappa shape index (κ1) is 24.3. The fourth-order valence-corrected chi connectivity index (χ4v) is 5.04. The van der Waals surface area contributed by atoms with Crippen molar-refractivity contribution in [3.05, 3.63) is 76.3 Å². The fraction of sp³-hybridized carbons (Fsp3) is 0.379. The first-order valence-corrected chi connectivity index (χ1v) is 14.4. The highest BCUT2D eigenvalue weighted by Gasteiger charge is 2.37. The maximum absolute atomic E-state index is 6.41. The lowest BCUT2D eigenvalue weighted by Crippen LogP contribution is -2.40. The average molecular weight is 446 g/mol. The van der Waals surface area contributed by atoms with Crippen molar-refractivity contribution in [2.24, 2.45) is 0 Å². The summed E-state index contributed by atoms with van der Waals surface area (Å²) in [5, 5.41) is 0.225. The molecule has 0 bridgehead atoms. The topological polar surface area (TPSA) is 35.2 Å². The van der Waals surface area contributed by atoms with Crippen LogP contribution in [0.5, 0.6) is 0 Å². The van der Waals surface area contributed by atoms with Crippen molar-refractivity contribution in [1.29, 1.82) is 0 Å². The summed E-state index contributed by atoms with van der Waals surface area (Å²) in [5.74, 6) is 0. The van der Waals surface area contributed by atoms with Crippen LogP contribution in [0, 0.1) is 27.7 Å². The lowest BCUT2D eigenvalue weighted by atomic mass is 9.83. The van der Waals surface area contributed by atoms with Crippen LogP contribution in [0.4, 0.5) is 5.69 Å². The Kier molecular flexibility index (Phi) is 6.74. The van der Waals surface area contributed by atoms with E-state index in [-0.39, 0.29) is 5.04 Å². The maximum Gasteiger partial charge on any atom is 0.192 e. The molecule has 3 aromatic carbocycles. The molecule has 2 nitrogen and oxygen atoms in total. The lowest BCUT2D eigenvalue weighted by molar-refractivity contribution is 0.276. The lowest BCUT2D eigenvalue weighted by Gasteiger charge is -2.36. The van der Waals surface area contributed by atoms with Crippen LogP contribution < -0.4 is 5.73 Å². The molecule has 0 saturated heterocycles. The van der Waals surface area contributed by atoms with Crippen LogP contribution in [-0.2, 0) is 11.0 Å². The van der Waals surface area contributed by atoms with Crippen molar-refractivity contribution in [3.63, 3.8) is 0 Å². The molecule has 0 aliphatic rings. The molecule has 0 spiro atoms. The first-order valence-electron chi connectivity index (χ1n) is 11.5. The van der Waals surface area contributed by atoms with E-state index in [9.17, 15) is 0 Å². The van der Waals surface area contributed by atoms with E-state index in [1.54, 1.807) is 0 Å². The van der Waals surface area contributed by atoms with E-state index in [0.717, 1.165) is 5.69 Å². The van der Waals surface area contributed by atoms with Crippen LogP contribution in [0.2, 0.25) is 18.1 Å². The first-order chi connectivity index (χ1) is 14.8. The third-order valence-electron chi connectivity index (χ3n) is 7.47. The van der Waals surface area contributed by atoms with Crippen LogP contribution in [0.25, 0.3) is 22.3 Å². The molecule has 3 heteroatoms. The van der Waals surface area contributed by atoms with Gasteiger partial charge in [-0.2, -0.15) is 0 Å². The summed E-state index contributed by atoms with van der Waals surface area (Å²) in [4.78, 5) is 0. The van der Waals surface area contributed by atoms with Gasteiger partial charge in [0, 0.05) is 5.69 Å². The summed E-state index contributed by atoms with van der Waals surface area (Å²) in [7, 11) is -1.75. The molecule has 0 heterocycles. The zero-order valence-corrected chi connectivity index (χ0v) is 22.3. The van der Waals surface area contributed by atoms with Crippen LogP contribution in [0.15, 0.2) is 48.5 Å². The number of hydrogen-bond acceptors (Lipinski definition) is 2. The Morgan fingerprint density at radius 3 is 1.44 bits per heavy atom. The second-order valence-electron chi connectivity index (χ2n) is 10.6. The van der Waals surface area contributed by atoms with Gasteiger partial charge in [0.25, 0.3) is 0 Å². The number of benzene rings is 3. The summed E-state index contributed by atoms with van der Waals surface area (Å²) in [5.41, 5.74) is 18.4. The highest BCUT2D eigenvalue weighted by molar-refractivity contribution is 6.74. The molecule has 0 unspecified atom stereocenters. The SMILES string of the molecule is Cc1c(C)c(-c2ccc(CO[Si](C)(C)C(C)(C)C)cc2)c(C)c(C)c1-c1ccc(N)cc1. The van der Waals surface area contributed by atoms with Crippen LogP contribution in [-0.4, -0.2) is 8.32 Å². The van der Waals surface area contributed by atoms with Crippen molar-refractivity contribution < 1.29 is 4.43 Å². The normalized spacial score (nSPS) is 12.3. The summed E-state index contributed by atoms with van der Waals surface area (Å²) < 4.78 is 6.41. The number of nitrogens with two attached hydrogens (primary N) is 1. The minimum absolute atomic E-state index is 0.225. The number of hydrogen-bond donors (Lipinski definition) is 1. The van der Waals surface area contributed by atoms with Gasteiger partial charge in [-0.1, -0.05) is 57.2 Å². The maximum atomic E-state index is 6.41. The minimum Gasteiger partial charge on any atom is -0.413 e. The second-order valence-corrected chi connectivity index (χ2v) is 15.4. The van der Waals surface area contributed by atoms with Crippen molar-refractivity contribution in [1.82, 2.24) is 0 Å². The quantitative estimate of drug-likeness (QED) is 0.316. The Balaban J connectivity index is 1.94. The van der Waals surface area contributed by atoms with E-state index in [4.69, 9.17) is 10.2 Å². The van der Waals surface area contributed by atoms with Crippen molar-refractivity contribution in [3.8, 4) is 22.3 Å². The molecule has 0 aromatic heterocycles. The van der Waals surface area contributed by atoms with E-state index >= 15 is 0 Å². The zero-order valence-electron chi connectivity index (χ0n) is 21.3. The zero-order chi connectivity index (χ0) is 23.8. The van der Waals surface area contributed by atoms with Crippen LogP contribution >= 0.6 is 0 Å². The van der Waals surface area contributed by atoms with Gasteiger partial charge in [0.15, 0.2) is 8.32 Å². The van der Waals surface area contributed by atoms with Gasteiger partial charge in [0.05, 0.1) is 6.61 Å². The predicted molar refractivity (Wildman–Crippen MR) is 143 cm³/mol. The molecule has 0 amide bonds. The van der Waals surface area contributed by atoms with Gasteiger partial charge < -0.3 is 10.2 Å². The molecular formula is C29H39NOSi. The molecule has 0 radical (unpaired) electrons. The van der Waals surface area contributed by atoms with Crippen molar-refractivity contribution in [2.45, 2.75) is 73.2 Å². The van der Waals surface area contributed by atoms with Crippen molar-refractivity contribution in [2.75, 3.05) is 5.73 Å². The molecule has 0 aliphatic heterocycles. The molecule has 0 aliphatic carbocycles. The number of rotatable bonds is 5. The molecule has 0 atom stereocenters. The Bertz CT molecular complexity index is 1070. The Morgan fingerprint density at radius 1 is 0.688 bits per heavy atom. The van der Waals surface area contributed by atoms with Gasteiger partial charge in [0.2, 0.25) is 0 Å². The molecular weight excluding hydrogens is 406 g/mol. The third-order valence-corrected chi connectivity index (χ3v) is 12.0. The smallest absolute Gasteiger partial charge is 0.192 e. The highest BCUT2D eigenvalue weighted by atomic mass is 28.4. The van der Waals surface area contributed by atoms with E-state index in [1.807, 2.05) is 12.1 Å². The molecule has 32 heavy (non-hydrogen) atoms. The molecule has 3 rings (SSSR count). The van der Waals surface area contributed by atoms with E-state index in [1.165, 1.54) is 50.1 Å². The second kappa shape index (κ2) is 8.88. The van der Waals surface area contributed by atoms with Crippen LogP contribution in [0.1, 0.15) is 48.6 Å². The predicted octanol–water partition coefficient (Wildman–Crippen LogP) is 8.36. The Morgan fingerprint density at radius 2 is 1.06 bits per heavy atom. The van der Waals surface area contributed by atoms with Gasteiger partial charge >= 0.3 is 0 Å². The standard InChI is InChI=1S/C29H39NOSi/c1-19-21(3)28(25-14-16-26(30)17-15-25)22(4)20(2)27(19)24-12-10-23(11-13-24)18-31-32(8,9)29(5,6)7/h10-17H,18,30H2,1-9H3. The largest absolute Gasteiger partial charge is 0.413 e. The average Bonchev–Trinajstić information content (AvgIpc) is 2.72. The van der Waals surface area contributed by atoms with Crippen molar-refractivity contribution >= 4 is 14.0 Å². The highest BCUT2D eigenvalue weighted by Crippen LogP contribution is 2.40. The molecule has 0 fully saturated rings. The van der Waals surface area contributed by atoms with Gasteiger partial charge in [-0.15, -0.1) is 0 Å². The molecule has 170 valence electrons. The van der Waals surface area contributed by atoms with Gasteiger partial charge in [-0.05, 0) is 108 Å². The third kappa shape index (κ3) is 4.69. The van der Waals surface area contributed by atoms with E-state index < -0.39 is 8.32 Å². The number of anilines is 1. The molecule has 3 aromatic rings. The number of nitrogen functional groups attached to an aromatic ring is 1. The summed E-state index contributed by atoms with van der Waals surface area (Å²) in [6.07, 6.45) is 0. The summed E-state index contributed by atoms with van der Waals surface area (Å²) >= 11 is 0. The Hall–Kier alpha value is -2.36. The Labute approximate surface area is 196 Å². The molecule has 2 N–H and O–H groups in total. The fourth-order valence-electron chi connectivity index (χ4n) is 4.08. The van der Waals surface area contributed by atoms with Crippen LogP contribution in [0.3, 0.4) is 0 Å². The summed E-state index contributed by atoms with van der Waals surface area (Å²) in [6.45, 7) is 21.1. The van der Waals surface area contributed by atoms with Gasteiger partial charge in [-0.3, -0.25) is 0 Å². The van der Waals surface area contributed by atoms with E-state index in [2.05, 4.69) is 98.0 Å². The monoisotopic (exact) mass is 445 g/mol. The van der Waals surface area contributed by atoms with Gasteiger partial charge in [-0.25, -0.2) is 0 Å². The van der Waals surface area contributed by atoms with E-state index in [0.29, 0.717) is 6.61 Å². The minimum atomic E-state index is -1.75.